The first-order valence-corrected chi connectivity index (χ1v) is 8.44. The number of hydrogen-bond donors (Lipinski definition) is 2. The van der Waals surface area contributed by atoms with E-state index in [0.717, 1.165) is 4.68 Å². The zero-order valence-corrected chi connectivity index (χ0v) is 18.2. The zero-order valence-electron chi connectivity index (χ0n) is 16.4. The molecule has 0 bridgehead atoms. The molecule has 0 amide bonds. The number of nitrogens with one attached hydrogen (secondary N) is 2. The number of pyridine rings is 1. The van der Waals surface area contributed by atoms with Crippen molar-refractivity contribution in [1.82, 2.24) is 14.8 Å². The molecule has 2 N–H and O–H groups in total. The third kappa shape index (κ3) is 3.20. The summed E-state index contributed by atoms with van der Waals surface area (Å²) in [6, 6.07) is 9.67. The van der Waals surface area contributed by atoms with Crippen LogP contribution in [-0.2, 0) is 0 Å². The number of rotatable bonds is 2. The van der Waals surface area contributed by atoms with Crippen LogP contribution in [0.3, 0.4) is 0 Å². The van der Waals surface area contributed by atoms with Crippen molar-refractivity contribution in [2.45, 2.75) is 6.92 Å². The van der Waals surface area contributed by atoms with Crippen LogP contribution in [0.15, 0.2) is 50.8 Å². The fourth-order valence-corrected chi connectivity index (χ4v) is 3.31. The second-order valence-electron chi connectivity index (χ2n) is 6.13. The maximum absolute atomic E-state index is 13.0. The van der Waals surface area contributed by atoms with E-state index in [4.69, 9.17) is 16.3 Å². The molecule has 0 aliphatic carbocycles. The average molecular weight is 408 g/mol. The van der Waals surface area contributed by atoms with Gasteiger partial charge in [-0.15, -0.1) is 0 Å². The van der Waals surface area contributed by atoms with Gasteiger partial charge in [-0.2, -0.15) is 0 Å². The van der Waals surface area contributed by atoms with E-state index in [0.29, 0.717) is 27.5 Å². The van der Waals surface area contributed by atoms with E-state index in [2.05, 4.69) is 10.1 Å². The van der Waals surface area contributed by atoms with E-state index in [1.165, 1.54) is 19.2 Å². The molecule has 0 fully saturated rings. The van der Waals surface area contributed by atoms with Crippen molar-refractivity contribution in [2.75, 3.05) is 7.11 Å². The zero-order chi connectivity index (χ0) is 19.3. The summed E-state index contributed by atoms with van der Waals surface area (Å²) < 4.78 is 6.24. The molecule has 9 heteroatoms. The molecule has 2 aromatic carbocycles. The number of fused-ring (bicyclic) bond motifs is 2. The van der Waals surface area contributed by atoms with Gasteiger partial charge >= 0.3 is 29.6 Å². The molecule has 0 radical (unpaired) electrons. The topological polar surface area (TPSA) is 96.9 Å². The number of aromatic amines is 2. The van der Waals surface area contributed by atoms with Crippen molar-refractivity contribution in [3.63, 3.8) is 0 Å². The van der Waals surface area contributed by atoms with Crippen molar-refractivity contribution in [3.05, 3.63) is 77.9 Å². The fourth-order valence-electron chi connectivity index (χ4n) is 3.13. The van der Waals surface area contributed by atoms with Crippen molar-refractivity contribution in [1.29, 1.82) is 0 Å². The Morgan fingerprint density at radius 2 is 1.86 bits per heavy atom. The van der Waals surface area contributed by atoms with E-state index in [9.17, 15) is 14.4 Å². The fraction of sp³-hybridized carbons (Fsp3) is 0.105. The molecule has 4 aromatic rings. The van der Waals surface area contributed by atoms with Gasteiger partial charge in [-0.05, 0) is 48.9 Å². The first-order chi connectivity index (χ1) is 12.9. The number of aryl methyl sites for hydroxylation is 1. The molecule has 4 rings (SSSR count). The van der Waals surface area contributed by atoms with E-state index < -0.39 is 16.5 Å². The number of aromatic nitrogens is 3. The minimum absolute atomic E-state index is 0. The van der Waals surface area contributed by atoms with Crippen molar-refractivity contribution in [2.24, 2.45) is 0 Å². The van der Waals surface area contributed by atoms with Gasteiger partial charge in [0, 0.05) is 10.4 Å². The van der Waals surface area contributed by atoms with Crippen molar-refractivity contribution < 1.29 is 35.7 Å². The predicted molar refractivity (Wildman–Crippen MR) is 106 cm³/mol. The number of hydrogen-bond acceptors (Lipinski definition) is 4. The number of benzene rings is 2. The molecular weight excluding hydrogens is 393 g/mol. The molecule has 28 heavy (non-hydrogen) atoms. The molecule has 7 nitrogen and oxygen atoms in total. The third-order valence-electron chi connectivity index (χ3n) is 4.47. The quantitative estimate of drug-likeness (QED) is 0.349. The molecule has 138 valence electrons. The summed E-state index contributed by atoms with van der Waals surface area (Å²) in [5.41, 5.74) is -0.252. The summed E-state index contributed by atoms with van der Waals surface area (Å²) >= 11 is 5.96. The van der Waals surface area contributed by atoms with Crippen LogP contribution in [0.5, 0.6) is 5.75 Å². The van der Waals surface area contributed by atoms with Gasteiger partial charge in [0.05, 0.1) is 18.3 Å². The second kappa shape index (κ2) is 7.60. The monoisotopic (exact) mass is 407 g/mol. The Bertz CT molecular complexity index is 1410. The summed E-state index contributed by atoms with van der Waals surface area (Å²) in [5, 5.41) is 3.02. The van der Waals surface area contributed by atoms with Gasteiger partial charge in [-0.3, -0.25) is 19.5 Å². The molecule has 2 aromatic heterocycles. The van der Waals surface area contributed by atoms with Crippen LogP contribution in [0.1, 0.15) is 6.99 Å². The number of methoxy groups -OCH3 is 1. The largest absolute Gasteiger partial charge is 1.00 e. The van der Waals surface area contributed by atoms with Crippen molar-refractivity contribution >= 4 is 33.4 Å². The van der Waals surface area contributed by atoms with Gasteiger partial charge < -0.3 is 11.1 Å². The number of ether oxygens (including phenoxy) is 1. The Morgan fingerprint density at radius 3 is 2.54 bits per heavy atom. The van der Waals surface area contributed by atoms with Gasteiger partial charge in [0.1, 0.15) is 16.7 Å². The van der Waals surface area contributed by atoms with Gasteiger partial charge in [-0.1, -0.05) is 11.6 Å². The minimum atomic E-state index is -0.615. The molecular formula is C19H15ClN3NaO4. The van der Waals surface area contributed by atoms with E-state index in [1.54, 1.807) is 31.2 Å². The molecule has 0 saturated carbocycles. The summed E-state index contributed by atoms with van der Waals surface area (Å²) in [5.74, 6) is 0.619. The molecule has 2 heterocycles. The second-order valence-corrected chi connectivity index (χ2v) is 6.56. The predicted octanol–water partition coefficient (Wildman–Crippen LogP) is -0.393. The average Bonchev–Trinajstić information content (AvgIpc) is 2.64. The van der Waals surface area contributed by atoms with Crippen LogP contribution in [0, 0.1) is 6.92 Å². The molecule has 0 unspecified atom stereocenters. The molecule has 0 atom stereocenters. The molecule has 0 saturated heterocycles. The van der Waals surface area contributed by atoms with Crippen LogP contribution in [0.4, 0.5) is 0 Å². The Morgan fingerprint density at radius 1 is 1.11 bits per heavy atom. The van der Waals surface area contributed by atoms with Crippen LogP contribution >= 0.6 is 11.6 Å². The van der Waals surface area contributed by atoms with Gasteiger partial charge in [0.15, 0.2) is 0 Å². The number of nitrogens with zero attached hydrogens (tertiary/aromatic N) is 1. The van der Waals surface area contributed by atoms with E-state index >= 15 is 0 Å². The Hall–Kier alpha value is -2.32. The normalized spacial score (nSPS) is 10.8. The summed E-state index contributed by atoms with van der Waals surface area (Å²) in [7, 11) is 1.54. The van der Waals surface area contributed by atoms with Gasteiger partial charge in [0.2, 0.25) is 5.43 Å². The first kappa shape index (κ1) is 20.4. The Balaban J connectivity index is 0.00000150. The maximum atomic E-state index is 13.0. The third-order valence-corrected chi connectivity index (χ3v) is 4.70. The van der Waals surface area contributed by atoms with Crippen LogP contribution < -0.4 is 50.8 Å². The standard InChI is InChI=1S/C19H14ClN3O4.Na.H/c1-9-7-11(27-2)4-6-14(9)23-19(26)15-16(18(25)22-23)21-13-8-10(20)3-5-12(13)17(15)24;;/h3-8H,1-2H3,(H,21,24)(H,22,25);;/q;+1;-1. The maximum Gasteiger partial charge on any atom is 1.00 e. The van der Waals surface area contributed by atoms with Gasteiger partial charge in [-0.25, -0.2) is 4.68 Å². The summed E-state index contributed by atoms with van der Waals surface area (Å²) in [6.45, 7) is 1.78. The van der Waals surface area contributed by atoms with Crippen molar-refractivity contribution in [3.8, 4) is 11.4 Å². The SMILES string of the molecule is COc1ccc(-n2[nH]c(=O)c3[nH]c4cc(Cl)ccc4c(=O)c3c2=O)c(C)c1.[H-].[Na+]. The Labute approximate surface area is 186 Å². The molecule has 0 spiro atoms. The smallest absolute Gasteiger partial charge is 1.00 e. The van der Waals surface area contributed by atoms with Crippen LogP contribution in [0.25, 0.3) is 27.5 Å². The van der Waals surface area contributed by atoms with Gasteiger partial charge in [0.25, 0.3) is 11.1 Å². The molecule has 0 aliphatic rings. The van der Waals surface area contributed by atoms with E-state index in [1.807, 2.05) is 0 Å². The summed E-state index contributed by atoms with van der Waals surface area (Å²) in [4.78, 5) is 41.4. The number of halogens is 1. The Kier molecular flexibility index (Phi) is 5.54. The van der Waals surface area contributed by atoms with Crippen LogP contribution in [0.2, 0.25) is 5.02 Å². The van der Waals surface area contributed by atoms with E-state index in [-0.39, 0.29) is 47.3 Å². The minimum Gasteiger partial charge on any atom is -1.00 e. The summed E-state index contributed by atoms with van der Waals surface area (Å²) in [6.07, 6.45) is 0. The molecule has 0 aliphatic heterocycles. The first-order valence-electron chi connectivity index (χ1n) is 8.06. The number of H-pyrrole nitrogens is 2. The van der Waals surface area contributed by atoms with Crippen LogP contribution in [-0.4, -0.2) is 21.9 Å².